The van der Waals surface area contributed by atoms with Gasteiger partial charge in [0.2, 0.25) is 5.91 Å². The van der Waals surface area contributed by atoms with Gasteiger partial charge in [-0.1, -0.05) is 18.2 Å². The predicted molar refractivity (Wildman–Crippen MR) is 76.3 cm³/mol. The van der Waals surface area contributed by atoms with Crippen molar-refractivity contribution in [1.82, 2.24) is 9.88 Å². The Hall–Kier alpha value is -2.69. The first kappa shape index (κ1) is 13.7. The molecule has 0 saturated carbocycles. The largest absolute Gasteiger partial charge is 0.332 e. The lowest BCUT2D eigenvalue weighted by Crippen LogP contribution is -2.34. The highest BCUT2D eigenvalue weighted by molar-refractivity contribution is 5.99. The maximum atomic E-state index is 12.0. The molecule has 20 heavy (non-hydrogen) atoms. The van der Waals surface area contributed by atoms with Gasteiger partial charge in [-0.15, -0.1) is 0 Å². The summed E-state index contributed by atoms with van der Waals surface area (Å²) in [4.78, 5) is 29.1. The molecule has 1 heterocycles. The number of carbonyl (C=O) groups is 2. The molecule has 0 aliphatic carbocycles. The lowest BCUT2D eigenvalue weighted by molar-refractivity contribution is -0.116. The van der Waals surface area contributed by atoms with Gasteiger partial charge >= 0.3 is 0 Å². The Balaban J connectivity index is 1.93. The highest BCUT2D eigenvalue weighted by atomic mass is 16.2. The number of nitrogens with one attached hydrogen (secondary N) is 1. The van der Waals surface area contributed by atoms with E-state index in [2.05, 4.69) is 10.3 Å². The summed E-state index contributed by atoms with van der Waals surface area (Å²) in [6, 6.07) is 12.5. The van der Waals surface area contributed by atoms with Crippen molar-refractivity contribution >= 4 is 17.5 Å². The average molecular weight is 269 g/mol. The lowest BCUT2D eigenvalue weighted by atomic mass is 10.2. The molecule has 5 nitrogen and oxygen atoms in total. The molecule has 0 unspecified atom stereocenters. The van der Waals surface area contributed by atoms with Crippen LogP contribution in [0.15, 0.2) is 54.9 Å². The highest BCUT2D eigenvalue weighted by Gasteiger charge is 2.14. The van der Waals surface area contributed by atoms with Crippen LogP contribution in [0.5, 0.6) is 0 Å². The molecule has 1 N–H and O–H groups in total. The summed E-state index contributed by atoms with van der Waals surface area (Å²) >= 11 is 0. The van der Waals surface area contributed by atoms with E-state index >= 15 is 0 Å². The summed E-state index contributed by atoms with van der Waals surface area (Å²) in [5.74, 6) is -0.475. The molecule has 0 atom stereocenters. The molecule has 1 aromatic heterocycles. The van der Waals surface area contributed by atoms with Gasteiger partial charge in [0.15, 0.2) is 0 Å². The number of likely N-dealkylation sites (N-methyl/N-ethyl adjacent to an activating group) is 1. The van der Waals surface area contributed by atoms with E-state index in [1.165, 1.54) is 11.1 Å². The number of pyridine rings is 1. The molecule has 2 amide bonds. The van der Waals surface area contributed by atoms with E-state index in [9.17, 15) is 9.59 Å². The molecular formula is C15H15N3O2. The first-order valence-corrected chi connectivity index (χ1v) is 6.17. The van der Waals surface area contributed by atoms with Crippen LogP contribution in [-0.2, 0) is 4.79 Å². The van der Waals surface area contributed by atoms with Crippen LogP contribution in [0, 0.1) is 0 Å². The van der Waals surface area contributed by atoms with E-state index < -0.39 is 0 Å². The van der Waals surface area contributed by atoms with Gasteiger partial charge in [0.05, 0.1) is 12.1 Å². The first-order chi connectivity index (χ1) is 9.66. The van der Waals surface area contributed by atoms with E-state index in [1.807, 2.05) is 18.2 Å². The third-order valence-electron chi connectivity index (χ3n) is 2.69. The molecule has 0 bridgehead atoms. The quantitative estimate of drug-likeness (QED) is 0.920. The van der Waals surface area contributed by atoms with Crippen molar-refractivity contribution in [2.24, 2.45) is 0 Å². The van der Waals surface area contributed by atoms with E-state index in [0.717, 1.165) is 0 Å². The van der Waals surface area contributed by atoms with E-state index in [4.69, 9.17) is 0 Å². The minimum atomic E-state index is -0.240. The number of hydrogen-bond acceptors (Lipinski definition) is 3. The fraction of sp³-hybridized carbons (Fsp3) is 0.133. The van der Waals surface area contributed by atoms with Gasteiger partial charge in [-0.25, -0.2) is 0 Å². The fourth-order valence-corrected chi connectivity index (χ4v) is 1.72. The summed E-state index contributed by atoms with van der Waals surface area (Å²) in [7, 11) is 1.58. The standard InChI is InChI=1S/C15H15N3O2/c1-18(15(20)12-6-5-9-16-10-12)11-14(19)17-13-7-3-2-4-8-13/h2-10H,11H2,1H3,(H,17,19). The Morgan fingerprint density at radius 2 is 1.90 bits per heavy atom. The Bertz CT molecular complexity index is 585. The molecule has 0 fully saturated rings. The zero-order valence-corrected chi connectivity index (χ0v) is 11.1. The van der Waals surface area contributed by atoms with Gasteiger partial charge in [-0.05, 0) is 24.3 Å². The molecular weight excluding hydrogens is 254 g/mol. The van der Waals surface area contributed by atoms with E-state index in [0.29, 0.717) is 11.3 Å². The van der Waals surface area contributed by atoms with Crippen LogP contribution < -0.4 is 5.32 Å². The fourth-order valence-electron chi connectivity index (χ4n) is 1.72. The van der Waals surface area contributed by atoms with Gasteiger partial charge < -0.3 is 10.2 Å². The molecule has 0 saturated heterocycles. The maximum Gasteiger partial charge on any atom is 0.255 e. The van der Waals surface area contributed by atoms with Crippen LogP contribution in [0.4, 0.5) is 5.69 Å². The topological polar surface area (TPSA) is 62.3 Å². The third kappa shape index (κ3) is 3.65. The minimum absolute atomic E-state index is 0.0113. The number of para-hydroxylation sites is 1. The van der Waals surface area contributed by atoms with E-state index in [-0.39, 0.29) is 18.4 Å². The average Bonchev–Trinajstić information content (AvgIpc) is 2.48. The number of carbonyl (C=O) groups excluding carboxylic acids is 2. The van der Waals surface area contributed by atoms with Crippen molar-refractivity contribution in [3.8, 4) is 0 Å². The monoisotopic (exact) mass is 269 g/mol. The second-order valence-electron chi connectivity index (χ2n) is 4.32. The number of aromatic nitrogens is 1. The van der Waals surface area contributed by atoms with Crippen molar-refractivity contribution in [1.29, 1.82) is 0 Å². The van der Waals surface area contributed by atoms with Crippen LogP contribution in [-0.4, -0.2) is 35.3 Å². The zero-order valence-electron chi connectivity index (χ0n) is 11.1. The molecule has 1 aromatic carbocycles. The molecule has 0 aliphatic heterocycles. The second-order valence-corrected chi connectivity index (χ2v) is 4.32. The van der Waals surface area contributed by atoms with Crippen molar-refractivity contribution < 1.29 is 9.59 Å². The van der Waals surface area contributed by atoms with Crippen molar-refractivity contribution in [2.45, 2.75) is 0 Å². The third-order valence-corrected chi connectivity index (χ3v) is 2.69. The van der Waals surface area contributed by atoms with Gasteiger partial charge in [0.1, 0.15) is 0 Å². The molecule has 0 aliphatic rings. The summed E-state index contributed by atoms with van der Waals surface area (Å²) in [6.07, 6.45) is 3.08. The van der Waals surface area contributed by atoms with Crippen molar-refractivity contribution in [2.75, 3.05) is 18.9 Å². The number of amides is 2. The smallest absolute Gasteiger partial charge is 0.255 e. The van der Waals surface area contributed by atoms with Crippen LogP contribution in [0.3, 0.4) is 0 Å². The molecule has 2 rings (SSSR count). The van der Waals surface area contributed by atoms with Crippen LogP contribution in [0.2, 0.25) is 0 Å². The predicted octanol–water partition coefficient (Wildman–Crippen LogP) is 1.79. The number of nitrogens with zero attached hydrogens (tertiary/aromatic N) is 2. The Morgan fingerprint density at radius 3 is 2.55 bits per heavy atom. The molecule has 2 aromatic rings. The lowest BCUT2D eigenvalue weighted by Gasteiger charge is -2.16. The van der Waals surface area contributed by atoms with Gasteiger partial charge in [0.25, 0.3) is 5.91 Å². The van der Waals surface area contributed by atoms with Crippen LogP contribution >= 0.6 is 0 Å². The van der Waals surface area contributed by atoms with Crippen LogP contribution in [0.1, 0.15) is 10.4 Å². The summed E-state index contributed by atoms with van der Waals surface area (Å²) in [5, 5.41) is 2.73. The molecule has 5 heteroatoms. The Labute approximate surface area is 117 Å². The highest BCUT2D eigenvalue weighted by Crippen LogP contribution is 2.06. The van der Waals surface area contributed by atoms with E-state index in [1.54, 1.807) is 37.5 Å². The van der Waals surface area contributed by atoms with Crippen molar-refractivity contribution in [3.63, 3.8) is 0 Å². The Morgan fingerprint density at radius 1 is 1.15 bits per heavy atom. The molecule has 0 radical (unpaired) electrons. The second kappa shape index (κ2) is 6.47. The number of benzene rings is 1. The number of anilines is 1. The first-order valence-electron chi connectivity index (χ1n) is 6.17. The van der Waals surface area contributed by atoms with Gasteiger partial charge in [0, 0.05) is 25.1 Å². The van der Waals surface area contributed by atoms with Crippen LogP contribution in [0.25, 0.3) is 0 Å². The molecule has 102 valence electrons. The number of rotatable bonds is 4. The summed E-state index contributed by atoms with van der Waals surface area (Å²) in [6.45, 7) is -0.0113. The van der Waals surface area contributed by atoms with Gasteiger partial charge in [-0.2, -0.15) is 0 Å². The maximum absolute atomic E-state index is 12.0. The summed E-state index contributed by atoms with van der Waals surface area (Å²) < 4.78 is 0. The Kier molecular flexibility index (Phi) is 4.44. The number of hydrogen-bond donors (Lipinski definition) is 1. The van der Waals surface area contributed by atoms with Gasteiger partial charge in [-0.3, -0.25) is 14.6 Å². The summed E-state index contributed by atoms with van der Waals surface area (Å²) in [5.41, 5.74) is 1.17. The zero-order chi connectivity index (χ0) is 14.4. The van der Waals surface area contributed by atoms with Crippen molar-refractivity contribution in [3.05, 3.63) is 60.4 Å². The molecule has 0 spiro atoms. The SMILES string of the molecule is CN(CC(=O)Nc1ccccc1)C(=O)c1cccnc1. The normalized spacial score (nSPS) is 9.85. The minimum Gasteiger partial charge on any atom is -0.332 e.